The van der Waals surface area contributed by atoms with Crippen LogP contribution in [0.15, 0.2) is 36.7 Å². The Balaban J connectivity index is 2.41. The van der Waals surface area contributed by atoms with Crippen molar-refractivity contribution < 1.29 is 0 Å². The van der Waals surface area contributed by atoms with E-state index in [1.807, 2.05) is 41.8 Å². The maximum absolute atomic E-state index is 6.41. The second-order valence-electron chi connectivity index (χ2n) is 4.42. The summed E-state index contributed by atoms with van der Waals surface area (Å²) in [5.74, 6) is 0.811. The molecule has 0 aliphatic rings. The highest BCUT2D eigenvalue weighted by Crippen LogP contribution is 2.24. The minimum absolute atomic E-state index is 0.604. The highest BCUT2D eigenvalue weighted by molar-refractivity contribution is 5.29. The number of aryl methyl sites for hydroxylation is 1. The topological polar surface area (TPSA) is 56.7 Å². The molecule has 0 aliphatic heterocycles. The molecule has 1 aromatic carbocycles. The van der Waals surface area contributed by atoms with Crippen LogP contribution in [0.5, 0.6) is 0 Å². The molecule has 1 heterocycles. The lowest BCUT2D eigenvalue weighted by Gasteiger charge is -2.24. The van der Waals surface area contributed by atoms with Gasteiger partial charge in [0.25, 0.3) is 0 Å². The Morgan fingerprint density at radius 3 is 2.65 bits per heavy atom. The molecule has 1 aromatic heterocycles. The quantitative estimate of drug-likeness (QED) is 0.873. The van der Waals surface area contributed by atoms with E-state index in [1.165, 1.54) is 0 Å². The molecule has 2 N–H and O–H groups in total. The van der Waals surface area contributed by atoms with Crippen molar-refractivity contribution in [1.29, 1.82) is 0 Å². The third-order valence-electron chi connectivity index (χ3n) is 2.92. The van der Waals surface area contributed by atoms with E-state index >= 15 is 0 Å². The molecule has 1 unspecified atom stereocenters. The van der Waals surface area contributed by atoms with Crippen LogP contribution in [0.3, 0.4) is 0 Å². The molecule has 0 radical (unpaired) electrons. The van der Waals surface area contributed by atoms with E-state index in [9.17, 15) is 0 Å². The molecule has 0 amide bonds. The fourth-order valence-corrected chi connectivity index (χ4v) is 1.98. The van der Waals surface area contributed by atoms with Gasteiger partial charge in [0.05, 0.1) is 5.54 Å². The molecule has 4 nitrogen and oxygen atoms in total. The maximum atomic E-state index is 6.41. The van der Waals surface area contributed by atoms with Crippen molar-refractivity contribution in [2.45, 2.75) is 32.4 Å². The zero-order chi connectivity index (χ0) is 12.3. The molecule has 2 rings (SSSR count). The van der Waals surface area contributed by atoms with Gasteiger partial charge < -0.3 is 10.3 Å². The summed E-state index contributed by atoms with van der Waals surface area (Å²) in [6.07, 6.45) is 2.78. The van der Waals surface area contributed by atoms with E-state index < -0.39 is 5.54 Å². The van der Waals surface area contributed by atoms with E-state index in [2.05, 4.69) is 17.1 Å². The van der Waals surface area contributed by atoms with E-state index in [0.29, 0.717) is 0 Å². The van der Waals surface area contributed by atoms with E-state index in [0.717, 1.165) is 24.4 Å². The van der Waals surface area contributed by atoms with Gasteiger partial charge in [0.15, 0.2) is 5.82 Å². The largest absolute Gasteiger partial charge is 0.316 e. The Morgan fingerprint density at radius 1 is 1.29 bits per heavy atom. The predicted octanol–water partition coefficient (Wildman–Crippen LogP) is 1.91. The number of nitrogens with zero attached hydrogens (tertiary/aromatic N) is 3. The zero-order valence-electron chi connectivity index (χ0n) is 10.3. The molecule has 0 saturated heterocycles. The summed E-state index contributed by atoms with van der Waals surface area (Å²) >= 11 is 0. The highest BCUT2D eigenvalue weighted by atomic mass is 15.3. The summed E-state index contributed by atoms with van der Waals surface area (Å²) in [6.45, 7) is 4.99. The van der Waals surface area contributed by atoms with Crippen LogP contribution in [0, 0.1) is 0 Å². The lowest BCUT2D eigenvalue weighted by atomic mass is 9.92. The predicted molar refractivity (Wildman–Crippen MR) is 67.4 cm³/mol. The molecule has 0 spiro atoms. The van der Waals surface area contributed by atoms with Gasteiger partial charge in [-0.25, -0.2) is 0 Å². The number of hydrogen-bond acceptors (Lipinski definition) is 3. The summed E-state index contributed by atoms with van der Waals surface area (Å²) in [6, 6.07) is 9.99. The standard InChI is InChI=1S/C13H18N4/c1-3-9-17-10-15-16-12(17)13(2,14)11-7-5-4-6-8-11/h4-8,10H,3,9,14H2,1-2H3. The molecule has 0 fully saturated rings. The zero-order valence-corrected chi connectivity index (χ0v) is 10.3. The number of aromatic nitrogens is 3. The second kappa shape index (κ2) is 4.67. The number of nitrogens with two attached hydrogens (primary N) is 1. The van der Waals surface area contributed by atoms with E-state index in [-0.39, 0.29) is 0 Å². The maximum Gasteiger partial charge on any atom is 0.157 e. The minimum atomic E-state index is -0.604. The van der Waals surface area contributed by atoms with Crippen molar-refractivity contribution in [2.24, 2.45) is 5.73 Å². The van der Waals surface area contributed by atoms with Crippen molar-refractivity contribution in [3.05, 3.63) is 48.0 Å². The minimum Gasteiger partial charge on any atom is -0.316 e. The molecular weight excluding hydrogens is 212 g/mol. The van der Waals surface area contributed by atoms with Gasteiger partial charge in [-0.3, -0.25) is 0 Å². The summed E-state index contributed by atoms with van der Waals surface area (Å²) < 4.78 is 2.02. The Kier molecular flexibility index (Phi) is 3.24. The van der Waals surface area contributed by atoms with E-state index in [1.54, 1.807) is 6.33 Å². The number of hydrogen-bond donors (Lipinski definition) is 1. The Labute approximate surface area is 101 Å². The van der Waals surface area contributed by atoms with Crippen molar-refractivity contribution in [3.8, 4) is 0 Å². The summed E-state index contributed by atoms with van der Waals surface area (Å²) in [5.41, 5.74) is 6.85. The summed E-state index contributed by atoms with van der Waals surface area (Å²) in [4.78, 5) is 0. The summed E-state index contributed by atoms with van der Waals surface area (Å²) in [5, 5.41) is 8.14. The molecular formula is C13H18N4. The van der Waals surface area contributed by atoms with Gasteiger partial charge in [0, 0.05) is 6.54 Å². The molecule has 1 atom stereocenters. The third kappa shape index (κ3) is 2.22. The fourth-order valence-electron chi connectivity index (χ4n) is 1.98. The van der Waals surface area contributed by atoms with Crippen molar-refractivity contribution in [2.75, 3.05) is 0 Å². The lowest BCUT2D eigenvalue weighted by Crippen LogP contribution is -2.37. The van der Waals surface area contributed by atoms with E-state index in [4.69, 9.17) is 5.73 Å². The second-order valence-corrected chi connectivity index (χ2v) is 4.42. The highest BCUT2D eigenvalue weighted by Gasteiger charge is 2.28. The first-order valence-electron chi connectivity index (χ1n) is 5.89. The monoisotopic (exact) mass is 230 g/mol. The van der Waals surface area contributed by atoms with Gasteiger partial charge in [0.1, 0.15) is 6.33 Å². The van der Waals surface area contributed by atoms with Crippen LogP contribution in [-0.2, 0) is 12.1 Å². The average molecular weight is 230 g/mol. The first kappa shape index (κ1) is 11.8. The van der Waals surface area contributed by atoms with Crippen molar-refractivity contribution >= 4 is 0 Å². The fraction of sp³-hybridized carbons (Fsp3) is 0.385. The van der Waals surface area contributed by atoms with Crippen LogP contribution in [-0.4, -0.2) is 14.8 Å². The van der Waals surface area contributed by atoms with Crippen molar-refractivity contribution in [3.63, 3.8) is 0 Å². The molecule has 0 aliphatic carbocycles. The van der Waals surface area contributed by atoms with Crippen LogP contribution < -0.4 is 5.73 Å². The lowest BCUT2D eigenvalue weighted by molar-refractivity contribution is 0.504. The molecule has 2 aromatic rings. The van der Waals surface area contributed by atoms with Gasteiger partial charge in [-0.05, 0) is 18.9 Å². The van der Waals surface area contributed by atoms with Crippen LogP contribution in [0.2, 0.25) is 0 Å². The van der Waals surface area contributed by atoms with Gasteiger partial charge in [-0.2, -0.15) is 0 Å². The van der Waals surface area contributed by atoms with Gasteiger partial charge in [-0.1, -0.05) is 37.3 Å². The Morgan fingerprint density at radius 2 is 2.00 bits per heavy atom. The first-order valence-corrected chi connectivity index (χ1v) is 5.89. The molecule has 4 heteroatoms. The third-order valence-corrected chi connectivity index (χ3v) is 2.92. The number of rotatable bonds is 4. The molecule has 0 bridgehead atoms. The van der Waals surface area contributed by atoms with Crippen LogP contribution >= 0.6 is 0 Å². The molecule has 0 saturated carbocycles. The van der Waals surface area contributed by atoms with Gasteiger partial charge in [0.2, 0.25) is 0 Å². The SMILES string of the molecule is CCCn1cnnc1C(C)(N)c1ccccc1. The number of benzene rings is 1. The Bertz CT molecular complexity index is 473. The van der Waals surface area contributed by atoms with Crippen LogP contribution in [0.1, 0.15) is 31.7 Å². The molecule has 90 valence electrons. The van der Waals surface area contributed by atoms with Crippen molar-refractivity contribution in [1.82, 2.24) is 14.8 Å². The molecule has 17 heavy (non-hydrogen) atoms. The van der Waals surface area contributed by atoms with Crippen LogP contribution in [0.25, 0.3) is 0 Å². The Hall–Kier alpha value is -1.68. The average Bonchev–Trinajstić information content (AvgIpc) is 2.80. The van der Waals surface area contributed by atoms with Crippen LogP contribution in [0.4, 0.5) is 0 Å². The normalized spacial score (nSPS) is 14.5. The first-order chi connectivity index (χ1) is 8.16. The van der Waals surface area contributed by atoms with Gasteiger partial charge >= 0.3 is 0 Å². The van der Waals surface area contributed by atoms with Gasteiger partial charge in [-0.15, -0.1) is 10.2 Å². The summed E-state index contributed by atoms with van der Waals surface area (Å²) in [7, 11) is 0. The smallest absolute Gasteiger partial charge is 0.157 e.